The van der Waals surface area contributed by atoms with Crippen LogP contribution in [0.1, 0.15) is 42.5 Å². The third-order valence-electron chi connectivity index (χ3n) is 8.71. The van der Waals surface area contributed by atoms with Crippen LogP contribution in [0.3, 0.4) is 0 Å². The number of aryl methyl sites for hydroxylation is 1. The van der Waals surface area contributed by atoms with Crippen molar-refractivity contribution in [2.45, 2.75) is 44.5 Å². The highest BCUT2D eigenvalue weighted by Gasteiger charge is 2.67. The van der Waals surface area contributed by atoms with Gasteiger partial charge in [-0.15, -0.1) is 0 Å². The first-order valence-corrected chi connectivity index (χ1v) is 13.8. The van der Waals surface area contributed by atoms with Crippen molar-refractivity contribution in [2.75, 3.05) is 31.0 Å². The van der Waals surface area contributed by atoms with E-state index in [2.05, 4.69) is 23.2 Å². The molecule has 0 radical (unpaired) electrons. The number of carbonyl (C=O) groups excluding carboxylic acids is 2. The number of hydrogen-bond acceptors (Lipinski definition) is 7. The Bertz CT molecular complexity index is 1450. The van der Waals surface area contributed by atoms with E-state index in [4.69, 9.17) is 14.3 Å². The van der Waals surface area contributed by atoms with Gasteiger partial charge in [0.25, 0.3) is 5.91 Å². The molecule has 3 aromatic rings. The van der Waals surface area contributed by atoms with Crippen LogP contribution in [-0.4, -0.2) is 49.5 Å². The number of nitrogens with zero attached hydrogens (tertiary/aromatic N) is 2. The minimum absolute atomic E-state index is 0.229. The molecule has 0 spiro atoms. The summed E-state index contributed by atoms with van der Waals surface area (Å²) in [7, 11) is 3.10. The quantitative estimate of drug-likeness (QED) is 0.357. The van der Waals surface area contributed by atoms with E-state index in [1.165, 1.54) is 12.2 Å². The number of hydrogen-bond donors (Lipinski definition) is 1. The highest BCUT2D eigenvalue weighted by molar-refractivity contribution is 5.87. The number of piperidine rings is 1. The third-order valence-corrected chi connectivity index (χ3v) is 8.71. The van der Waals surface area contributed by atoms with Crippen LogP contribution in [0.5, 0.6) is 5.75 Å². The Labute approximate surface area is 234 Å². The van der Waals surface area contributed by atoms with Gasteiger partial charge in [-0.1, -0.05) is 60.2 Å². The smallest absolute Gasteiger partial charge is 0.328 e. The monoisotopic (exact) mass is 541 g/mol. The largest absolute Gasteiger partial charge is 0.465 e. The minimum Gasteiger partial charge on any atom is -0.465 e. The molecule has 3 aliphatic rings. The Morgan fingerprint density at radius 3 is 2.52 bits per heavy atom. The fourth-order valence-corrected chi connectivity index (χ4v) is 7.08. The van der Waals surface area contributed by atoms with Crippen molar-refractivity contribution in [1.29, 1.82) is 0 Å². The summed E-state index contributed by atoms with van der Waals surface area (Å²) in [6, 6.07) is 23.1. The second-order valence-corrected chi connectivity index (χ2v) is 10.9. The molecule has 8 nitrogen and oxygen atoms in total. The molecule has 1 N–H and O–H groups in total. The average Bonchev–Trinajstić information content (AvgIpc) is 3.28. The van der Waals surface area contributed by atoms with E-state index in [1.54, 1.807) is 7.05 Å². The summed E-state index contributed by atoms with van der Waals surface area (Å²) in [6.07, 6.45) is 0. The summed E-state index contributed by atoms with van der Waals surface area (Å²) in [5, 5.41) is 4.80. The molecular formula is C32H35N3O5. The first-order chi connectivity index (χ1) is 19.3. The fraction of sp³-hybridized carbons (Fsp3) is 0.375. The van der Waals surface area contributed by atoms with Gasteiger partial charge in [-0.2, -0.15) is 0 Å². The van der Waals surface area contributed by atoms with Crippen LogP contribution in [0.15, 0.2) is 72.8 Å². The zero-order chi connectivity index (χ0) is 28.2. The van der Waals surface area contributed by atoms with Gasteiger partial charge in [-0.25, -0.2) is 9.86 Å². The molecule has 208 valence electrons. The van der Waals surface area contributed by atoms with Gasteiger partial charge in [0.05, 0.1) is 25.4 Å². The lowest BCUT2D eigenvalue weighted by atomic mass is 9.60. The van der Waals surface area contributed by atoms with Gasteiger partial charge < -0.3 is 19.7 Å². The highest BCUT2D eigenvalue weighted by atomic mass is 16.7. The zero-order valence-corrected chi connectivity index (χ0v) is 23.5. The standard InChI is InChI=1S/C32H35N3O5/c1-6-39-31(37)28-26-25(20-12-8-7-9-13-20)27(30(36)34(4)38-5)32(3)35(23-14-10-11-15-24(23)40-32)29(26)21-18-19(2)16-17-22(21)33-28/h7-18,25-29,33H,6H2,1-5H3/t25-,26+,27?,28?,29-,32-/m1/s1. The molecule has 3 heterocycles. The summed E-state index contributed by atoms with van der Waals surface area (Å²) in [4.78, 5) is 35.8. The van der Waals surface area contributed by atoms with Crippen molar-refractivity contribution in [3.63, 3.8) is 0 Å². The number of ether oxygens (including phenoxy) is 2. The molecule has 6 rings (SSSR count). The van der Waals surface area contributed by atoms with Crippen molar-refractivity contribution in [2.24, 2.45) is 11.8 Å². The van der Waals surface area contributed by atoms with Crippen molar-refractivity contribution < 1.29 is 23.9 Å². The highest BCUT2D eigenvalue weighted by Crippen LogP contribution is 2.63. The minimum atomic E-state index is -1.08. The number of esters is 1. The van der Waals surface area contributed by atoms with E-state index in [-0.39, 0.29) is 30.4 Å². The average molecular weight is 542 g/mol. The van der Waals surface area contributed by atoms with Crippen LogP contribution in [0.4, 0.5) is 11.4 Å². The molecule has 1 amide bonds. The normalized spacial score (nSPS) is 27.7. The maximum Gasteiger partial charge on any atom is 0.328 e. The molecule has 3 aromatic carbocycles. The zero-order valence-electron chi connectivity index (χ0n) is 23.5. The van der Waals surface area contributed by atoms with Crippen molar-refractivity contribution in [3.05, 3.63) is 89.5 Å². The van der Waals surface area contributed by atoms with Crippen molar-refractivity contribution in [3.8, 4) is 5.75 Å². The molecule has 1 saturated heterocycles. The predicted molar refractivity (Wildman–Crippen MR) is 152 cm³/mol. The Kier molecular flexibility index (Phi) is 6.45. The lowest BCUT2D eigenvalue weighted by Crippen LogP contribution is -2.69. The van der Waals surface area contributed by atoms with E-state index in [0.717, 1.165) is 28.1 Å². The Morgan fingerprint density at radius 1 is 1.07 bits per heavy atom. The number of nitrogens with one attached hydrogen (secondary N) is 1. The maximum absolute atomic E-state index is 14.3. The molecule has 0 bridgehead atoms. The van der Waals surface area contributed by atoms with Gasteiger partial charge >= 0.3 is 5.97 Å². The predicted octanol–water partition coefficient (Wildman–Crippen LogP) is 5.06. The molecule has 8 heteroatoms. The van der Waals surface area contributed by atoms with Crippen LogP contribution in [0, 0.1) is 18.8 Å². The number of rotatable bonds is 5. The van der Waals surface area contributed by atoms with Gasteiger partial charge in [0.2, 0.25) is 0 Å². The number of fused-ring (bicyclic) bond motifs is 7. The second-order valence-electron chi connectivity index (χ2n) is 10.9. The molecular weight excluding hydrogens is 506 g/mol. The van der Waals surface area contributed by atoms with Crippen molar-refractivity contribution in [1.82, 2.24) is 5.06 Å². The van der Waals surface area contributed by atoms with Gasteiger partial charge in [0.15, 0.2) is 5.72 Å². The molecule has 1 fully saturated rings. The topological polar surface area (TPSA) is 80.3 Å². The van der Waals surface area contributed by atoms with Crippen LogP contribution in [0.25, 0.3) is 0 Å². The van der Waals surface area contributed by atoms with Gasteiger partial charge in [-0.05, 0) is 50.1 Å². The third kappa shape index (κ3) is 3.84. The number of benzene rings is 3. The van der Waals surface area contributed by atoms with E-state index < -0.39 is 23.6 Å². The number of amides is 1. The van der Waals surface area contributed by atoms with Gasteiger partial charge in [-0.3, -0.25) is 9.63 Å². The number of hydroxylamine groups is 2. The molecule has 2 unspecified atom stereocenters. The van der Waals surface area contributed by atoms with E-state index >= 15 is 0 Å². The summed E-state index contributed by atoms with van der Waals surface area (Å²) in [6.45, 7) is 6.12. The molecule has 6 atom stereocenters. The lowest BCUT2D eigenvalue weighted by Gasteiger charge is -2.59. The molecule has 40 heavy (non-hydrogen) atoms. The Morgan fingerprint density at radius 2 is 1.80 bits per heavy atom. The summed E-state index contributed by atoms with van der Waals surface area (Å²) in [5.74, 6) is -1.38. The first kappa shape index (κ1) is 26.2. The Hall–Kier alpha value is -4.04. The van der Waals surface area contributed by atoms with Gasteiger partial charge in [0, 0.05) is 24.6 Å². The van der Waals surface area contributed by atoms with Crippen molar-refractivity contribution >= 4 is 23.3 Å². The maximum atomic E-state index is 14.3. The van der Waals surface area contributed by atoms with Crippen LogP contribution < -0.4 is 15.0 Å². The second kappa shape index (κ2) is 9.86. The lowest BCUT2D eigenvalue weighted by molar-refractivity contribution is -0.185. The molecule has 0 aromatic heterocycles. The van der Waals surface area contributed by atoms with E-state index in [0.29, 0.717) is 5.75 Å². The van der Waals surface area contributed by atoms with Crippen LogP contribution >= 0.6 is 0 Å². The Balaban J connectivity index is 1.68. The molecule has 0 aliphatic carbocycles. The fourth-order valence-electron chi connectivity index (χ4n) is 7.08. The van der Waals surface area contributed by atoms with Crippen LogP contribution in [0.2, 0.25) is 0 Å². The van der Waals surface area contributed by atoms with E-state index in [9.17, 15) is 9.59 Å². The van der Waals surface area contributed by atoms with Gasteiger partial charge in [0.1, 0.15) is 17.7 Å². The van der Waals surface area contributed by atoms with E-state index in [1.807, 2.05) is 80.6 Å². The number of para-hydroxylation sites is 2. The summed E-state index contributed by atoms with van der Waals surface area (Å²) in [5.41, 5.74) is 3.81. The molecule has 0 saturated carbocycles. The molecule has 3 aliphatic heterocycles. The SMILES string of the molecule is CCOC(=O)C1Nc2ccc(C)cc2[C@@H]2[C@H]1[C@@H](c1ccccc1)C(C(=O)N(C)OC)[C@@]1(C)Oc3ccccc3N21. The first-order valence-electron chi connectivity index (χ1n) is 13.8. The summed E-state index contributed by atoms with van der Waals surface area (Å²) < 4.78 is 12.5. The number of carbonyl (C=O) groups is 2. The summed E-state index contributed by atoms with van der Waals surface area (Å²) >= 11 is 0. The van der Waals surface area contributed by atoms with Crippen LogP contribution in [-0.2, 0) is 19.2 Å². The number of anilines is 2.